The van der Waals surface area contributed by atoms with Crippen molar-refractivity contribution in [3.8, 4) is 0 Å². The van der Waals surface area contributed by atoms with Gasteiger partial charge in [-0.15, -0.1) is 0 Å². The number of halogens is 2. The number of hydrogen-bond donors (Lipinski definition) is 0. The molecule has 4 heteroatoms. The minimum Gasteiger partial charge on any atom is -0.354 e. The summed E-state index contributed by atoms with van der Waals surface area (Å²) in [4.78, 5) is 0. The molecule has 0 bridgehead atoms. The minimum atomic E-state index is -2.30. The molecule has 0 fully saturated rings. The average Bonchev–Trinajstić information content (AvgIpc) is 1.87. The second-order valence-electron chi connectivity index (χ2n) is 2.63. The van der Waals surface area contributed by atoms with Gasteiger partial charge in [-0.3, -0.25) is 0 Å². The second-order valence-corrected chi connectivity index (χ2v) is 2.63. The van der Waals surface area contributed by atoms with Crippen LogP contribution in [0.3, 0.4) is 0 Å². The highest BCUT2D eigenvalue weighted by molar-refractivity contribution is 4.52. The summed E-state index contributed by atoms with van der Waals surface area (Å²) in [6.45, 7) is 3.38. The summed E-state index contributed by atoms with van der Waals surface area (Å²) in [7, 11) is 1.47. The van der Waals surface area contributed by atoms with Crippen LogP contribution in [0.15, 0.2) is 0 Å². The molecule has 0 atom stereocenters. The van der Waals surface area contributed by atoms with Gasteiger partial charge in [0, 0.05) is 13.5 Å². The van der Waals surface area contributed by atoms with Crippen molar-refractivity contribution in [3.63, 3.8) is 0 Å². The Labute approximate surface area is 65.5 Å². The summed E-state index contributed by atoms with van der Waals surface area (Å²) in [5.41, 5.74) is 0. The first-order valence-corrected chi connectivity index (χ1v) is 3.45. The molecule has 0 spiro atoms. The number of rotatable bonds is 5. The average molecular weight is 168 g/mol. The van der Waals surface area contributed by atoms with E-state index in [2.05, 4.69) is 0 Å². The zero-order chi connectivity index (χ0) is 8.91. The molecule has 0 aromatic carbocycles. The number of methoxy groups -OCH3 is 1. The van der Waals surface area contributed by atoms with Crippen molar-refractivity contribution < 1.29 is 18.3 Å². The van der Waals surface area contributed by atoms with Crippen molar-refractivity contribution in [3.05, 3.63) is 0 Å². The third kappa shape index (κ3) is 6.19. The summed E-state index contributed by atoms with van der Waals surface area (Å²) >= 11 is 0. The van der Waals surface area contributed by atoms with E-state index in [4.69, 9.17) is 9.47 Å². The molecule has 0 aliphatic carbocycles. The maximum Gasteiger partial charge on any atom is 0.240 e. The number of hydrogen-bond acceptors (Lipinski definition) is 2. The highest BCUT2D eigenvalue weighted by Crippen LogP contribution is 2.10. The van der Waals surface area contributed by atoms with E-state index < -0.39 is 12.2 Å². The monoisotopic (exact) mass is 168 g/mol. The zero-order valence-corrected chi connectivity index (χ0v) is 7.06. The van der Waals surface area contributed by atoms with Gasteiger partial charge in [-0.05, 0) is 13.8 Å². The standard InChI is InChI=1S/C7H14F2O2/c1-7(2,10-3)11-5-4-6(8)9/h6H,4-5H2,1-3H3. The normalized spacial score (nSPS) is 12.5. The Bertz CT molecular complexity index is 105. The highest BCUT2D eigenvalue weighted by atomic mass is 19.3. The van der Waals surface area contributed by atoms with Crippen molar-refractivity contribution in [2.24, 2.45) is 0 Å². The Morgan fingerprint density at radius 2 is 1.91 bits per heavy atom. The van der Waals surface area contributed by atoms with Crippen molar-refractivity contribution in [1.82, 2.24) is 0 Å². The van der Waals surface area contributed by atoms with Gasteiger partial charge in [0.2, 0.25) is 6.43 Å². The van der Waals surface area contributed by atoms with E-state index in [0.29, 0.717) is 0 Å². The van der Waals surface area contributed by atoms with Crippen LogP contribution in [0.2, 0.25) is 0 Å². The first-order valence-electron chi connectivity index (χ1n) is 3.45. The summed E-state index contributed by atoms with van der Waals surface area (Å²) in [6, 6.07) is 0. The summed E-state index contributed by atoms with van der Waals surface area (Å²) in [6.07, 6.45) is -2.55. The van der Waals surface area contributed by atoms with Crippen LogP contribution in [-0.2, 0) is 9.47 Å². The van der Waals surface area contributed by atoms with Crippen LogP contribution < -0.4 is 0 Å². The van der Waals surface area contributed by atoms with E-state index >= 15 is 0 Å². The Hall–Kier alpha value is -0.220. The molecule has 0 N–H and O–H groups in total. The molecule has 0 saturated carbocycles. The fourth-order valence-electron chi connectivity index (χ4n) is 0.453. The molecular formula is C7H14F2O2. The molecule has 0 radical (unpaired) electrons. The first-order chi connectivity index (χ1) is 4.98. The number of ether oxygens (including phenoxy) is 2. The SMILES string of the molecule is COC(C)(C)OCCC(F)F. The maximum absolute atomic E-state index is 11.6. The van der Waals surface area contributed by atoms with Gasteiger partial charge in [0.05, 0.1) is 6.61 Å². The Balaban J connectivity index is 3.38. The van der Waals surface area contributed by atoms with E-state index in [-0.39, 0.29) is 13.0 Å². The Morgan fingerprint density at radius 3 is 2.27 bits per heavy atom. The topological polar surface area (TPSA) is 18.5 Å². The van der Waals surface area contributed by atoms with E-state index in [9.17, 15) is 8.78 Å². The van der Waals surface area contributed by atoms with Crippen molar-refractivity contribution >= 4 is 0 Å². The number of alkyl halides is 2. The molecular weight excluding hydrogens is 154 g/mol. The lowest BCUT2D eigenvalue weighted by Crippen LogP contribution is -2.27. The van der Waals surface area contributed by atoms with Crippen molar-refractivity contribution in [1.29, 1.82) is 0 Å². The lowest BCUT2D eigenvalue weighted by Gasteiger charge is -2.23. The van der Waals surface area contributed by atoms with Crippen LogP contribution in [0.25, 0.3) is 0 Å². The largest absolute Gasteiger partial charge is 0.354 e. The lowest BCUT2D eigenvalue weighted by molar-refractivity contribution is -0.200. The molecule has 0 aromatic rings. The molecule has 0 aliphatic heterocycles. The van der Waals surface area contributed by atoms with Crippen LogP contribution in [0, 0.1) is 0 Å². The van der Waals surface area contributed by atoms with Gasteiger partial charge < -0.3 is 9.47 Å². The van der Waals surface area contributed by atoms with Gasteiger partial charge in [0.15, 0.2) is 5.79 Å². The van der Waals surface area contributed by atoms with Gasteiger partial charge in [-0.25, -0.2) is 8.78 Å². The zero-order valence-electron chi connectivity index (χ0n) is 7.06. The summed E-state index contributed by atoms with van der Waals surface area (Å²) in [5.74, 6) is -0.755. The van der Waals surface area contributed by atoms with Gasteiger partial charge in [-0.1, -0.05) is 0 Å². The third-order valence-electron chi connectivity index (χ3n) is 1.28. The van der Waals surface area contributed by atoms with Crippen molar-refractivity contribution in [2.75, 3.05) is 13.7 Å². The minimum absolute atomic E-state index is 0.0263. The molecule has 11 heavy (non-hydrogen) atoms. The third-order valence-corrected chi connectivity index (χ3v) is 1.28. The summed E-state index contributed by atoms with van der Waals surface area (Å²) in [5, 5.41) is 0. The molecule has 0 aliphatic rings. The van der Waals surface area contributed by atoms with Crippen LogP contribution in [0.4, 0.5) is 8.78 Å². The fourth-order valence-corrected chi connectivity index (χ4v) is 0.453. The highest BCUT2D eigenvalue weighted by Gasteiger charge is 2.16. The van der Waals surface area contributed by atoms with E-state index in [0.717, 1.165) is 0 Å². The van der Waals surface area contributed by atoms with Gasteiger partial charge in [0.25, 0.3) is 0 Å². The predicted molar refractivity (Wildman–Crippen MR) is 37.7 cm³/mol. The Kier molecular flexibility index (Phi) is 4.52. The molecule has 68 valence electrons. The Morgan fingerprint density at radius 1 is 1.36 bits per heavy atom. The quantitative estimate of drug-likeness (QED) is 0.585. The van der Waals surface area contributed by atoms with Crippen LogP contribution in [0.5, 0.6) is 0 Å². The molecule has 0 amide bonds. The summed E-state index contributed by atoms with van der Waals surface area (Å²) < 4.78 is 33.0. The molecule has 0 rings (SSSR count). The molecule has 0 aromatic heterocycles. The molecule has 0 saturated heterocycles. The lowest BCUT2D eigenvalue weighted by atomic mass is 10.4. The predicted octanol–water partition coefficient (Wildman–Crippen LogP) is 2.04. The van der Waals surface area contributed by atoms with Gasteiger partial charge >= 0.3 is 0 Å². The second kappa shape index (κ2) is 4.62. The van der Waals surface area contributed by atoms with Crippen molar-refractivity contribution in [2.45, 2.75) is 32.5 Å². The smallest absolute Gasteiger partial charge is 0.240 e. The van der Waals surface area contributed by atoms with E-state index in [1.807, 2.05) is 0 Å². The van der Waals surface area contributed by atoms with E-state index in [1.54, 1.807) is 13.8 Å². The molecule has 0 heterocycles. The van der Waals surface area contributed by atoms with Crippen LogP contribution in [0.1, 0.15) is 20.3 Å². The maximum atomic E-state index is 11.6. The van der Waals surface area contributed by atoms with Gasteiger partial charge in [-0.2, -0.15) is 0 Å². The first kappa shape index (κ1) is 10.8. The molecule has 2 nitrogen and oxygen atoms in total. The van der Waals surface area contributed by atoms with Gasteiger partial charge in [0.1, 0.15) is 0 Å². The fraction of sp³-hybridized carbons (Fsp3) is 1.00. The van der Waals surface area contributed by atoms with E-state index in [1.165, 1.54) is 7.11 Å². The van der Waals surface area contributed by atoms with Crippen LogP contribution >= 0.6 is 0 Å². The van der Waals surface area contributed by atoms with Crippen LogP contribution in [-0.4, -0.2) is 25.9 Å². The molecule has 0 unspecified atom stereocenters.